The highest BCUT2D eigenvalue weighted by Crippen LogP contribution is 2.29. The Balaban J connectivity index is 3.16. The fourth-order valence-corrected chi connectivity index (χ4v) is 2.51. The van der Waals surface area contributed by atoms with E-state index in [9.17, 15) is 13.2 Å². The molecule has 1 aromatic heterocycles. The number of alkyl halides is 4. The van der Waals surface area contributed by atoms with E-state index < -0.39 is 18.8 Å². The molecule has 0 amide bonds. The first-order valence-electron chi connectivity index (χ1n) is 3.98. The van der Waals surface area contributed by atoms with Gasteiger partial charge in [-0.25, -0.2) is 4.98 Å². The third-order valence-electron chi connectivity index (χ3n) is 1.57. The molecule has 0 saturated heterocycles. The maximum atomic E-state index is 12.1. The van der Waals surface area contributed by atoms with Gasteiger partial charge in [-0.05, 0) is 34.2 Å². The summed E-state index contributed by atoms with van der Waals surface area (Å²) in [6.07, 6.45) is -4.79. The number of aliphatic hydroxyl groups excluding tert-OH is 1. The van der Waals surface area contributed by atoms with Crippen LogP contribution in [-0.4, -0.2) is 16.5 Å². The largest absolute Gasteiger partial charge is 0.574 e. The fourth-order valence-electron chi connectivity index (χ4n) is 0.969. The number of aromatic nitrogens is 1. The van der Waals surface area contributed by atoms with Crippen molar-refractivity contribution in [2.24, 2.45) is 0 Å². The van der Waals surface area contributed by atoms with Gasteiger partial charge in [-0.3, -0.25) is 0 Å². The van der Waals surface area contributed by atoms with E-state index in [1.807, 2.05) is 0 Å². The fraction of sp³-hybridized carbons (Fsp3) is 0.375. The standard InChI is InChI=1S/C8H6BrF3INO2/c9-2-4-1-5(3-15)14-7(6(4)13)16-8(10,11)12/h1,15H,2-3H2. The van der Waals surface area contributed by atoms with E-state index >= 15 is 0 Å². The third kappa shape index (κ3) is 3.74. The van der Waals surface area contributed by atoms with E-state index in [1.54, 1.807) is 22.6 Å². The highest BCUT2D eigenvalue weighted by Gasteiger charge is 2.33. The predicted octanol–water partition coefficient (Wildman–Crippen LogP) is 2.97. The van der Waals surface area contributed by atoms with E-state index in [1.165, 1.54) is 6.07 Å². The minimum atomic E-state index is -4.79. The van der Waals surface area contributed by atoms with Gasteiger partial charge in [0.2, 0.25) is 5.88 Å². The van der Waals surface area contributed by atoms with Gasteiger partial charge in [0.25, 0.3) is 0 Å². The topological polar surface area (TPSA) is 42.4 Å². The van der Waals surface area contributed by atoms with Crippen LogP contribution in [0.4, 0.5) is 13.2 Å². The van der Waals surface area contributed by atoms with Crippen LogP contribution in [0.5, 0.6) is 5.88 Å². The first-order valence-corrected chi connectivity index (χ1v) is 6.18. The first kappa shape index (κ1) is 14.0. The van der Waals surface area contributed by atoms with Gasteiger partial charge < -0.3 is 9.84 Å². The molecule has 8 heteroatoms. The third-order valence-corrected chi connectivity index (χ3v) is 3.33. The van der Waals surface area contributed by atoms with E-state index in [2.05, 4.69) is 25.7 Å². The summed E-state index contributed by atoms with van der Waals surface area (Å²) in [5.74, 6) is -0.533. The van der Waals surface area contributed by atoms with Crippen LogP contribution in [0.3, 0.4) is 0 Å². The van der Waals surface area contributed by atoms with Crippen molar-refractivity contribution in [3.63, 3.8) is 0 Å². The van der Waals surface area contributed by atoms with E-state index in [0.29, 0.717) is 10.9 Å². The van der Waals surface area contributed by atoms with Gasteiger partial charge in [0.05, 0.1) is 15.9 Å². The molecule has 16 heavy (non-hydrogen) atoms. The summed E-state index contributed by atoms with van der Waals surface area (Å²) in [6, 6.07) is 1.51. The lowest BCUT2D eigenvalue weighted by Crippen LogP contribution is -2.19. The summed E-state index contributed by atoms with van der Waals surface area (Å²) < 4.78 is 40.2. The zero-order chi connectivity index (χ0) is 12.3. The molecule has 0 radical (unpaired) electrons. The molecule has 0 fully saturated rings. The van der Waals surface area contributed by atoms with Gasteiger partial charge in [-0.1, -0.05) is 15.9 Å². The van der Waals surface area contributed by atoms with Crippen LogP contribution in [0.1, 0.15) is 11.3 Å². The SMILES string of the molecule is OCc1cc(CBr)c(I)c(OC(F)(F)F)n1. The van der Waals surface area contributed by atoms with E-state index in [0.717, 1.165) is 0 Å². The first-order chi connectivity index (χ1) is 7.37. The Hall–Kier alpha value is -0.0900. The maximum absolute atomic E-state index is 12.1. The zero-order valence-corrected chi connectivity index (χ0v) is 11.4. The number of ether oxygens (including phenoxy) is 1. The van der Waals surface area contributed by atoms with Crippen LogP contribution in [0, 0.1) is 3.57 Å². The van der Waals surface area contributed by atoms with Crippen molar-refractivity contribution in [2.75, 3.05) is 0 Å². The van der Waals surface area contributed by atoms with Crippen LogP contribution in [0.2, 0.25) is 0 Å². The molecular formula is C8H6BrF3INO2. The minimum absolute atomic E-state index is 0.133. The number of hydrogen-bond donors (Lipinski definition) is 1. The highest BCUT2D eigenvalue weighted by atomic mass is 127. The van der Waals surface area contributed by atoms with Crippen LogP contribution in [-0.2, 0) is 11.9 Å². The lowest BCUT2D eigenvalue weighted by molar-refractivity contribution is -0.276. The summed E-state index contributed by atoms with van der Waals surface area (Å²) in [5.41, 5.74) is 0.716. The van der Waals surface area contributed by atoms with Gasteiger partial charge >= 0.3 is 6.36 Å². The summed E-state index contributed by atoms with van der Waals surface area (Å²) in [4.78, 5) is 3.56. The van der Waals surface area contributed by atoms with Crippen molar-refractivity contribution in [1.82, 2.24) is 4.98 Å². The van der Waals surface area contributed by atoms with Gasteiger partial charge in [-0.2, -0.15) is 0 Å². The molecule has 1 N–H and O–H groups in total. The Labute approximate surface area is 111 Å². The molecule has 1 heterocycles. The van der Waals surface area contributed by atoms with Gasteiger partial charge in [0.1, 0.15) is 0 Å². The quantitative estimate of drug-likeness (QED) is 0.614. The number of nitrogens with zero attached hydrogens (tertiary/aromatic N) is 1. The Morgan fingerprint density at radius 2 is 2.12 bits per heavy atom. The molecule has 3 nitrogen and oxygen atoms in total. The van der Waals surface area contributed by atoms with Crippen molar-refractivity contribution in [1.29, 1.82) is 0 Å². The molecule has 90 valence electrons. The van der Waals surface area contributed by atoms with Gasteiger partial charge in [0.15, 0.2) is 0 Å². The predicted molar refractivity (Wildman–Crippen MR) is 62.2 cm³/mol. The number of hydrogen-bond acceptors (Lipinski definition) is 3. The lowest BCUT2D eigenvalue weighted by Gasteiger charge is -2.12. The van der Waals surface area contributed by atoms with Crippen molar-refractivity contribution in [3.8, 4) is 5.88 Å². The number of halogens is 5. The molecular weight excluding hydrogens is 406 g/mol. The Bertz CT molecular complexity index is 386. The molecule has 0 atom stereocenters. The molecule has 0 aliphatic heterocycles. The summed E-state index contributed by atoms with van der Waals surface area (Å²) >= 11 is 4.85. The van der Waals surface area contributed by atoms with Gasteiger partial charge in [-0.15, -0.1) is 13.2 Å². The Kier molecular flexibility index (Phi) is 4.80. The molecule has 0 aromatic carbocycles. The molecule has 1 aromatic rings. The lowest BCUT2D eigenvalue weighted by atomic mass is 10.2. The zero-order valence-electron chi connectivity index (χ0n) is 7.68. The second-order valence-electron chi connectivity index (χ2n) is 2.73. The molecule has 0 saturated carbocycles. The molecule has 0 bridgehead atoms. The Morgan fingerprint density at radius 1 is 1.50 bits per heavy atom. The second-order valence-corrected chi connectivity index (χ2v) is 4.37. The van der Waals surface area contributed by atoms with Crippen LogP contribution in [0.25, 0.3) is 0 Å². The summed E-state index contributed by atoms with van der Waals surface area (Å²) in [6.45, 7) is -0.439. The van der Waals surface area contributed by atoms with Crippen molar-refractivity contribution in [3.05, 3.63) is 20.9 Å². The highest BCUT2D eigenvalue weighted by molar-refractivity contribution is 14.1. The normalized spacial score (nSPS) is 11.6. The van der Waals surface area contributed by atoms with E-state index in [-0.39, 0.29) is 9.26 Å². The molecule has 0 aliphatic carbocycles. The average molecular weight is 412 g/mol. The monoisotopic (exact) mass is 411 g/mol. The number of aliphatic hydroxyl groups is 1. The summed E-state index contributed by atoms with van der Waals surface area (Å²) in [5, 5.41) is 9.21. The van der Waals surface area contributed by atoms with Crippen molar-refractivity contribution >= 4 is 38.5 Å². The second kappa shape index (κ2) is 5.50. The minimum Gasteiger partial charge on any atom is -0.390 e. The number of pyridine rings is 1. The molecule has 1 rings (SSSR count). The molecule has 0 aliphatic rings. The average Bonchev–Trinajstić information content (AvgIpc) is 2.19. The van der Waals surface area contributed by atoms with Crippen LogP contribution in [0.15, 0.2) is 6.07 Å². The molecule has 0 unspecified atom stereocenters. The molecule has 0 spiro atoms. The number of rotatable bonds is 3. The van der Waals surface area contributed by atoms with E-state index in [4.69, 9.17) is 5.11 Å². The Morgan fingerprint density at radius 3 is 2.56 bits per heavy atom. The summed E-state index contributed by atoms with van der Waals surface area (Å²) in [7, 11) is 0. The van der Waals surface area contributed by atoms with Crippen LogP contribution >= 0.6 is 38.5 Å². The van der Waals surface area contributed by atoms with Crippen molar-refractivity contribution in [2.45, 2.75) is 18.3 Å². The van der Waals surface area contributed by atoms with Gasteiger partial charge in [0, 0.05) is 5.33 Å². The van der Waals surface area contributed by atoms with Crippen molar-refractivity contribution < 1.29 is 23.0 Å². The maximum Gasteiger partial charge on any atom is 0.574 e. The smallest absolute Gasteiger partial charge is 0.390 e. The van der Waals surface area contributed by atoms with Crippen LogP contribution < -0.4 is 4.74 Å².